The number of amides is 1. The van der Waals surface area contributed by atoms with Crippen LogP contribution in [-0.2, 0) is 11.4 Å². The molecule has 34 heavy (non-hydrogen) atoms. The number of hydrogen-bond donors (Lipinski definition) is 1. The van der Waals surface area contributed by atoms with Crippen LogP contribution in [0.3, 0.4) is 0 Å². The molecular formula is C25H27ClN4O3S. The van der Waals surface area contributed by atoms with Gasteiger partial charge in [0.1, 0.15) is 6.61 Å². The largest absolute Gasteiger partial charge is 0.490 e. The number of aromatic nitrogens is 2. The number of carbonyl (C=O) groups excluding carboxylic acids is 1. The number of nitrogens with zero attached hydrogens (tertiary/aromatic N) is 3. The first-order valence-electron chi connectivity index (χ1n) is 10.8. The van der Waals surface area contributed by atoms with Crippen molar-refractivity contribution < 1.29 is 14.3 Å². The lowest BCUT2D eigenvalue weighted by Gasteiger charge is -2.14. The SMILES string of the molecule is CCOc1cc(/C=N\NC(=O)CSc2nc(C)cc(C)n2)cc(Cl)c1OCc1cccc(C)c1. The second-order valence-electron chi connectivity index (χ2n) is 7.56. The Hall–Kier alpha value is -3.10. The zero-order chi connectivity index (χ0) is 24.5. The van der Waals surface area contributed by atoms with Gasteiger partial charge in [0.2, 0.25) is 0 Å². The van der Waals surface area contributed by atoms with Crippen LogP contribution in [0.25, 0.3) is 0 Å². The van der Waals surface area contributed by atoms with Crippen molar-refractivity contribution in [2.75, 3.05) is 12.4 Å². The van der Waals surface area contributed by atoms with Gasteiger partial charge in [-0.15, -0.1) is 0 Å². The average molecular weight is 499 g/mol. The Kier molecular flexibility index (Phi) is 9.30. The fraction of sp³-hybridized carbons (Fsp3) is 0.280. The lowest BCUT2D eigenvalue weighted by Crippen LogP contribution is -2.19. The number of aryl methyl sites for hydroxylation is 3. The van der Waals surface area contributed by atoms with Crippen molar-refractivity contribution in [3.8, 4) is 11.5 Å². The molecule has 0 aliphatic rings. The van der Waals surface area contributed by atoms with Crippen molar-refractivity contribution >= 4 is 35.5 Å². The number of hydrogen-bond acceptors (Lipinski definition) is 7. The van der Waals surface area contributed by atoms with Crippen LogP contribution in [0, 0.1) is 20.8 Å². The van der Waals surface area contributed by atoms with E-state index in [0.717, 1.165) is 22.5 Å². The minimum Gasteiger partial charge on any atom is -0.490 e. The maximum Gasteiger partial charge on any atom is 0.250 e. The molecule has 3 aromatic rings. The van der Waals surface area contributed by atoms with Gasteiger partial charge in [0.15, 0.2) is 16.7 Å². The summed E-state index contributed by atoms with van der Waals surface area (Å²) in [5.74, 6) is 0.865. The van der Waals surface area contributed by atoms with Gasteiger partial charge < -0.3 is 9.47 Å². The summed E-state index contributed by atoms with van der Waals surface area (Å²) in [6.07, 6.45) is 1.51. The van der Waals surface area contributed by atoms with Gasteiger partial charge in [-0.25, -0.2) is 15.4 Å². The first-order valence-corrected chi connectivity index (χ1v) is 12.1. The maximum atomic E-state index is 12.1. The van der Waals surface area contributed by atoms with E-state index in [1.807, 2.05) is 52.0 Å². The topological polar surface area (TPSA) is 85.7 Å². The van der Waals surface area contributed by atoms with Crippen LogP contribution in [0.5, 0.6) is 11.5 Å². The number of rotatable bonds is 10. The highest BCUT2D eigenvalue weighted by Gasteiger charge is 2.13. The molecule has 2 aromatic carbocycles. The minimum absolute atomic E-state index is 0.150. The summed E-state index contributed by atoms with van der Waals surface area (Å²) < 4.78 is 11.7. The number of hydrazone groups is 1. The number of nitrogens with one attached hydrogen (secondary N) is 1. The predicted octanol–water partition coefficient (Wildman–Crippen LogP) is 5.28. The Morgan fingerprint density at radius 3 is 2.59 bits per heavy atom. The molecule has 0 saturated carbocycles. The zero-order valence-corrected chi connectivity index (χ0v) is 21.2. The Morgan fingerprint density at radius 2 is 1.88 bits per heavy atom. The smallest absolute Gasteiger partial charge is 0.250 e. The second-order valence-corrected chi connectivity index (χ2v) is 8.91. The van der Waals surface area contributed by atoms with Crippen LogP contribution in [0.1, 0.15) is 35.0 Å². The average Bonchev–Trinajstić information content (AvgIpc) is 2.77. The van der Waals surface area contributed by atoms with E-state index in [0.29, 0.717) is 40.5 Å². The third kappa shape index (κ3) is 7.74. The van der Waals surface area contributed by atoms with E-state index in [4.69, 9.17) is 21.1 Å². The van der Waals surface area contributed by atoms with Gasteiger partial charge in [-0.1, -0.05) is 53.2 Å². The first-order chi connectivity index (χ1) is 16.3. The number of carbonyl (C=O) groups is 1. The normalized spacial score (nSPS) is 11.0. The van der Waals surface area contributed by atoms with Crippen molar-refractivity contribution in [1.82, 2.24) is 15.4 Å². The number of thioether (sulfide) groups is 1. The molecule has 0 saturated heterocycles. The van der Waals surface area contributed by atoms with Gasteiger partial charge in [-0.05, 0) is 57.0 Å². The third-order valence-electron chi connectivity index (χ3n) is 4.49. The summed E-state index contributed by atoms with van der Waals surface area (Å²) in [5.41, 5.74) is 7.10. The van der Waals surface area contributed by atoms with E-state index >= 15 is 0 Å². The molecule has 0 unspecified atom stereocenters. The Labute approximate surface area is 208 Å². The van der Waals surface area contributed by atoms with E-state index in [1.165, 1.54) is 18.0 Å². The lowest BCUT2D eigenvalue weighted by atomic mass is 10.1. The van der Waals surface area contributed by atoms with Crippen LogP contribution in [0.15, 0.2) is 52.7 Å². The molecule has 1 amide bonds. The van der Waals surface area contributed by atoms with E-state index in [2.05, 4.69) is 26.6 Å². The monoisotopic (exact) mass is 498 g/mol. The van der Waals surface area contributed by atoms with E-state index in [-0.39, 0.29) is 11.7 Å². The molecule has 0 aliphatic carbocycles. The molecule has 1 heterocycles. The van der Waals surface area contributed by atoms with Crippen molar-refractivity contribution in [3.63, 3.8) is 0 Å². The molecule has 178 valence electrons. The standard InChI is InChI=1S/C25H27ClN4O3S/c1-5-32-22-12-20(11-21(26)24(22)33-14-19-8-6-7-16(2)9-19)13-27-30-23(31)15-34-25-28-17(3)10-18(4)29-25/h6-13H,5,14-15H2,1-4H3,(H,30,31)/b27-13-. The van der Waals surface area contributed by atoms with Crippen molar-refractivity contribution in [2.24, 2.45) is 5.10 Å². The third-order valence-corrected chi connectivity index (χ3v) is 5.62. The van der Waals surface area contributed by atoms with Crippen LogP contribution in [0.2, 0.25) is 5.02 Å². The summed E-state index contributed by atoms with van der Waals surface area (Å²) in [6, 6.07) is 13.4. The summed E-state index contributed by atoms with van der Waals surface area (Å²) in [6.45, 7) is 8.52. The lowest BCUT2D eigenvalue weighted by molar-refractivity contribution is -0.118. The number of benzene rings is 2. The maximum absolute atomic E-state index is 12.1. The molecule has 3 rings (SSSR count). The molecule has 7 nitrogen and oxygen atoms in total. The summed E-state index contributed by atoms with van der Waals surface area (Å²) in [7, 11) is 0. The summed E-state index contributed by atoms with van der Waals surface area (Å²) in [4.78, 5) is 20.8. The quantitative estimate of drug-likeness (QED) is 0.177. The van der Waals surface area contributed by atoms with Crippen molar-refractivity contribution in [2.45, 2.75) is 39.5 Å². The highest BCUT2D eigenvalue weighted by molar-refractivity contribution is 7.99. The molecule has 0 bridgehead atoms. The molecule has 0 radical (unpaired) electrons. The van der Waals surface area contributed by atoms with Crippen LogP contribution in [-0.4, -0.2) is 34.4 Å². The highest BCUT2D eigenvalue weighted by atomic mass is 35.5. The highest BCUT2D eigenvalue weighted by Crippen LogP contribution is 2.37. The minimum atomic E-state index is -0.266. The Balaban J connectivity index is 1.61. The van der Waals surface area contributed by atoms with Crippen LogP contribution >= 0.6 is 23.4 Å². The zero-order valence-electron chi connectivity index (χ0n) is 19.6. The van der Waals surface area contributed by atoms with Gasteiger partial charge >= 0.3 is 0 Å². The molecule has 0 fully saturated rings. The molecule has 0 aliphatic heterocycles. The number of ether oxygens (including phenoxy) is 2. The van der Waals surface area contributed by atoms with Gasteiger partial charge in [-0.3, -0.25) is 4.79 Å². The van der Waals surface area contributed by atoms with E-state index in [9.17, 15) is 4.79 Å². The van der Waals surface area contributed by atoms with Crippen molar-refractivity contribution in [3.05, 3.63) is 75.6 Å². The molecule has 1 aromatic heterocycles. The van der Waals surface area contributed by atoms with E-state index in [1.54, 1.807) is 12.1 Å². The Morgan fingerprint density at radius 1 is 1.12 bits per heavy atom. The van der Waals surface area contributed by atoms with Crippen LogP contribution in [0.4, 0.5) is 0 Å². The van der Waals surface area contributed by atoms with Crippen molar-refractivity contribution in [1.29, 1.82) is 0 Å². The van der Waals surface area contributed by atoms with Gasteiger partial charge in [0, 0.05) is 11.4 Å². The van der Waals surface area contributed by atoms with Gasteiger partial charge in [-0.2, -0.15) is 5.10 Å². The van der Waals surface area contributed by atoms with Gasteiger partial charge in [0.05, 0.1) is 23.6 Å². The second kappa shape index (κ2) is 12.4. The van der Waals surface area contributed by atoms with E-state index < -0.39 is 0 Å². The van der Waals surface area contributed by atoms with Gasteiger partial charge in [0.25, 0.3) is 5.91 Å². The summed E-state index contributed by atoms with van der Waals surface area (Å²) >= 11 is 7.74. The molecule has 0 spiro atoms. The summed E-state index contributed by atoms with van der Waals surface area (Å²) in [5, 5.41) is 4.99. The fourth-order valence-electron chi connectivity index (χ4n) is 3.12. The molecule has 1 N–H and O–H groups in total. The van der Waals surface area contributed by atoms with Crippen LogP contribution < -0.4 is 14.9 Å². The first kappa shape index (κ1) is 25.5. The predicted molar refractivity (Wildman–Crippen MR) is 136 cm³/mol. The fourth-order valence-corrected chi connectivity index (χ4v) is 4.14. The molecule has 0 atom stereocenters. The Bertz CT molecular complexity index is 1170. The number of halogens is 1. The molecule has 9 heteroatoms. The molecular weight excluding hydrogens is 472 g/mol.